The van der Waals surface area contributed by atoms with Gasteiger partial charge in [0.05, 0.1) is 0 Å². The van der Waals surface area contributed by atoms with Crippen LogP contribution in [0.4, 0.5) is 17.1 Å². The van der Waals surface area contributed by atoms with Crippen molar-refractivity contribution in [3.8, 4) is 66.8 Å². The lowest BCUT2D eigenvalue weighted by Gasteiger charge is -2.27. The van der Waals surface area contributed by atoms with Crippen molar-refractivity contribution in [2.75, 3.05) is 4.90 Å². The number of nitrogens with zero attached hydrogens (tertiary/aromatic N) is 1. The molecule has 0 saturated heterocycles. The van der Waals surface area contributed by atoms with Crippen LogP contribution in [0.15, 0.2) is 249 Å². The van der Waals surface area contributed by atoms with Crippen LogP contribution >= 0.6 is 0 Å². The van der Waals surface area contributed by atoms with Gasteiger partial charge in [0.2, 0.25) is 0 Å². The summed E-state index contributed by atoms with van der Waals surface area (Å²) >= 11 is 0. The molecule has 0 bridgehead atoms. The van der Waals surface area contributed by atoms with E-state index < -0.39 is 0 Å². The van der Waals surface area contributed by atoms with Gasteiger partial charge in [-0.1, -0.05) is 214 Å². The van der Waals surface area contributed by atoms with Gasteiger partial charge in [0.25, 0.3) is 0 Å². The molecule has 312 valence electrons. The fourth-order valence-corrected chi connectivity index (χ4v) is 10.5. The van der Waals surface area contributed by atoms with Crippen LogP contribution in [0.3, 0.4) is 0 Å². The molecule has 0 radical (unpaired) electrons. The van der Waals surface area contributed by atoms with Gasteiger partial charge in [0.1, 0.15) is 0 Å². The summed E-state index contributed by atoms with van der Waals surface area (Å²) < 4.78 is 0. The van der Waals surface area contributed by atoms with Crippen molar-refractivity contribution in [3.05, 3.63) is 260 Å². The standard InChI is InChI=1S/C65H47N/c1-65(2)63-29-12-11-26-60(63)62-43-50(34-39-64(62)65)48-21-13-23-53(40-48)66(54-24-14-22-51(41-54)56-27-15-28-58-55-25-10-9-20-47(55)32-38-59(56)58)52-35-30-44(31-36-52)49-33-37-57(45-16-5-3-6-17-45)61(42-49)46-18-7-4-8-19-46/h3-43H,1-2H3. The van der Waals surface area contributed by atoms with Gasteiger partial charge in [-0.3, -0.25) is 0 Å². The molecule has 1 aliphatic carbocycles. The van der Waals surface area contributed by atoms with E-state index in [1.54, 1.807) is 0 Å². The minimum absolute atomic E-state index is 0.0372. The highest BCUT2D eigenvalue weighted by molar-refractivity contribution is 6.12. The lowest BCUT2D eigenvalue weighted by atomic mass is 9.82. The number of rotatable bonds is 8. The van der Waals surface area contributed by atoms with Crippen LogP contribution in [0.2, 0.25) is 0 Å². The smallest absolute Gasteiger partial charge is 0.0467 e. The van der Waals surface area contributed by atoms with E-state index in [1.165, 1.54) is 99.4 Å². The van der Waals surface area contributed by atoms with Gasteiger partial charge in [-0.05, 0) is 148 Å². The predicted molar refractivity (Wildman–Crippen MR) is 281 cm³/mol. The first-order chi connectivity index (χ1) is 32.5. The van der Waals surface area contributed by atoms with Crippen LogP contribution in [-0.4, -0.2) is 0 Å². The first-order valence-corrected chi connectivity index (χ1v) is 23.0. The average molecular weight is 842 g/mol. The van der Waals surface area contributed by atoms with Crippen LogP contribution in [0.1, 0.15) is 25.0 Å². The number of hydrogen-bond acceptors (Lipinski definition) is 1. The SMILES string of the molecule is CC1(C)c2ccccc2-c2cc(-c3cccc(N(c4ccc(-c5ccc(-c6ccccc6)c(-c6ccccc6)c5)cc4)c4cccc(-c5cccc6c5ccc5ccccc56)c4)c3)ccc21. The zero-order valence-electron chi connectivity index (χ0n) is 37.1. The van der Waals surface area contributed by atoms with Crippen molar-refractivity contribution in [1.82, 2.24) is 0 Å². The van der Waals surface area contributed by atoms with Crippen molar-refractivity contribution in [3.63, 3.8) is 0 Å². The van der Waals surface area contributed by atoms with E-state index in [1.807, 2.05) is 0 Å². The zero-order chi connectivity index (χ0) is 44.2. The summed E-state index contributed by atoms with van der Waals surface area (Å²) in [5.41, 5.74) is 20.7. The Hall–Kier alpha value is -8.26. The molecule has 12 rings (SSSR count). The maximum atomic E-state index is 2.41. The number of hydrogen-bond donors (Lipinski definition) is 0. The Morgan fingerprint density at radius 3 is 1.58 bits per heavy atom. The Bertz CT molecular complexity index is 3600. The summed E-state index contributed by atoms with van der Waals surface area (Å²) in [5.74, 6) is 0. The Balaban J connectivity index is 0.979. The average Bonchev–Trinajstić information content (AvgIpc) is 3.62. The van der Waals surface area contributed by atoms with E-state index in [9.17, 15) is 0 Å². The molecule has 1 heteroatoms. The minimum Gasteiger partial charge on any atom is -0.310 e. The summed E-state index contributed by atoms with van der Waals surface area (Å²) in [6, 6.07) is 91.4. The lowest BCUT2D eigenvalue weighted by molar-refractivity contribution is 0.660. The molecule has 0 aromatic heterocycles. The predicted octanol–water partition coefficient (Wildman–Crippen LogP) is 18.1. The highest BCUT2D eigenvalue weighted by atomic mass is 15.1. The second-order valence-corrected chi connectivity index (χ2v) is 18.1. The first kappa shape index (κ1) is 39.3. The summed E-state index contributed by atoms with van der Waals surface area (Å²) in [6.45, 7) is 4.69. The largest absolute Gasteiger partial charge is 0.310 e. The molecule has 11 aromatic carbocycles. The molecule has 0 spiro atoms. The zero-order valence-corrected chi connectivity index (χ0v) is 37.1. The normalized spacial score (nSPS) is 12.5. The summed E-state index contributed by atoms with van der Waals surface area (Å²) in [6.07, 6.45) is 0. The van der Waals surface area contributed by atoms with E-state index in [0.717, 1.165) is 17.1 Å². The van der Waals surface area contributed by atoms with Gasteiger partial charge in [-0.15, -0.1) is 0 Å². The van der Waals surface area contributed by atoms with Crippen molar-refractivity contribution in [2.24, 2.45) is 0 Å². The Kier molecular flexibility index (Phi) is 9.58. The second-order valence-electron chi connectivity index (χ2n) is 18.1. The molecule has 11 aromatic rings. The topological polar surface area (TPSA) is 3.24 Å². The van der Waals surface area contributed by atoms with E-state index in [4.69, 9.17) is 0 Å². The molecule has 0 N–H and O–H groups in total. The van der Waals surface area contributed by atoms with Gasteiger partial charge in [0, 0.05) is 22.5 Å². The van der Waals surface area contributed by atoms with Crippen LogP contribution in [0, 0.1) is 0 Å². The third-order valence-corrected chi connectivity index (χ3v) is 13.9. The van der Waals surface area contributed by atoms with Gasteiger partial charge in [-0.25, -0.2) is 0 Å². The Labute approximate surface area is 387 Å². The molecule has 0 fully saturated rings. The molecular formula is C65H47N. The van der Waals surface area contributed by atoms with Gasteiger partial charge in [-0.2, -0.15) is 0 Å². The lowest BCUT2D eigenvalue weighted by Crippen LogP contribution is -2.14. The van der Waals surface area contributed by atoms with Crippen LogP contribution in [0.25, 0.3) is 88.3 Å². The highest BCUT2D eigenvalue weighted by Crippen LogP contribution is 2.50. The minimum atomic E-state index is -0.0372. The Morgan fingerprint density at radius 2 is 0.788 bits per heavy atom. The summed E-state index contributed by atoms with van der Waals surface area (Å²) in [5, 5.41) is 5.05. The van der Waals surface area contributed by atoms with E-state index in [2.05, 4.69) is 267 Å². The number of fused-ring (bicyclic) bond motifs is 6. The third-order valence-electron chi connectivity index (χ3n) is 13.9. The van der Waals surface area contributed by atoms with Crippen molar-refractivity contribution in [1.29, 1.82) is 0 Å². The van der Waals surface area contributed by atoms with E-state index in [0.29, 0.717) is 0 Å². The number of anilines is 3. The summed E-state index contributed by atoms with van der Waals surface area (Å²) in [7, 11) is 0. The van der Waals surface area contributed by atoms with Crippen molar-refractivity contribution < 1.29 is 0 Å². The second kappa shape index (κ2) is 16.1. The van der Waals surface area contributed by atoms with E-state index >= 15 is 0 Å². The molecule has 0 aliphatic heterocycles. The fraction of sp³-hybridized carbons (Fsp3) is 0.0462. The quantitative estimate of drug-likeness (QED) is 0.138. The molecule has 0 unspecified atom stereocenters. The third kappa shape index (κ3) is 6.80. The van der Waals surface area contributed by atoms with Crippen LogP contribution < -0.4 is 4.90 Å². The summed E-state index contributed by atoms with van der Waals surface area (Å²) in [4.78, 5) is 2.41. The molecule has 0 amide bonds. The number of benzene rings is 11. The molecule has 0 heterocycles. The highest BCUT2D eigenvalue weighted by Gasteiger charge is 2.35. The molecule has 0 saturated carbocycles. The van der Waals surface area contributed by atoms with Gasteiger partial charge < -0.3 is 4.90 Å². The van der Waals surface area contributed by atoms with Crippen LogP contribution in [-0.2, 0) is 5.41 Å². The Morgan fingerprint density at radius 1 is 0.258 bits per heavy atom. The first-order valence-electron chi connectivity index (χ1n) is 23.0. The van der Waals surface area contributed by atoms with Gasteiger partial charge in [0.15, 0.2) is 0 Å². The van der Waals surface area contributed by atoms with E-state index in [-0.39, 0.29) is 5.41 Å². The monoisotopic (exact) mass is 841 g/mol. The van der Waals surface area contributed by atoms with Crippen molar-refractivity contribution >= 4 is 38.6 Å². The molecule has 0 atom stereocenters. The van der Waals surface area contributed by atoms with Crippen LogP contribution in [0.5, 0.6) is 0 Å². The molecule has 1 nitrogen and oxygen atoms in total. The molecular weight excluding hydrogens is 795 g/mol. The molecule has 66 heavy (non-hydrogen) atoms. The maximum Gasteiger partial charge on any atom is 0.0467 e. The van der Waals surface area contributed by atoms with Crippen molar-refractivity contribution in [2.45, 2.75) is 19.3 Å². The van der Waals surface area contributed by atoms with Gasteiger partial charge >= 0.3 is 0 Å². The molecule has 1 aliphatic rings. The fourth-order valence-electron chi connectivity index (χ4n) is 10.5. The maximum absolute atomic E-state index is 2.41.